The van der Waals surface area contributed by atoms with E-state index < -0.39 is 0 Å². The fourth-order valence-corrected chi connectivity index (χ4v) is 3.60. The van der Waals surface area contributed by atoms with Crippen molar-refractivity contribution in [1.29, 1.82) is 0 Å². The number of rotatable bonds is 5. The largest absolute Gasteiger partial charge is 0.472 e. The van der Waals surface area contributed by atoms with Gasteiger partial charge in [0.25, 0.3) is 0 Å². The molecule has 0 radical (unpaired) electrons. The van der Waals surface area contributed by atoms with Crippen molar-refractivity contribution in [3.8, 4) is 5.88 Å². The predicted molar refractivity (Wildman–Crippen MR) is 105 cm³/mol. The molecule has 4 rings (SSSR count). The van der Waals surface area contributed by atoms with Crippen molar-refractivity contribution in [2.75, 3.05) is 37.6 Å². The van der Waals surface area contributed by atoms with E-state index in [1.807, 2.05) is 19.1 Å². The number of hydrogen-bond acceptors (Lipinski definition) is 4. The Morgan fingerprint density at radius 1 is 1.17 bits per heavy atom. The molecule has 0 spiro atoms. The number of aromatic nitrogens is 1. The molecule has 1 atom stereocenters. The number of amides is 3. The van der Waals surface area contributed by atoms with Crippen LogP contribution in [0.1, 0.15) is 12.0 Å². The fraction of sp³-hybridized carbons (Fsp3) is 0.381. The molecule has 0 saturated carbocycles. The second kappa shape index (κ2) is 8.06. The quantitative estimate of drug-likeness (QED) is 0.776. The molecule has 1 unspecified atom stereocenters. The van der Waals surface area contributed by atoms with E-state index in [2.05, 4.69) is 4.98 Å². The normalized spacial score (nSPS) is 19.2. The van der Waals surface area contributed by atoms with Gasteiger partial charge >= 0.3 is 6.03 Å². The minimum atomic E-state index is -0.348. The molecule has 1 aromatic carbocycles. The summed E-state index contributed by atoms with van der Waals surface area (Å²) in [5, 5.41) is 0. The Kier molecular flexibility index (Phi) is 5.33. The summed E-state index contributed by atoms with van der Waals surface area (Å²) in [4.78, 5) is 34.4. The number of pyridine rings is 1. The van der Waals surface area contributed by atoms with Crippen LogP contribution >= 0.6 is 0 Å². The number of anilines is 1. The third-order valence-corrected chi connectivity index (χ3v) is 5.23. The van der Waals surface area contributed by atoms with Gasteiger partial charge in [0.05, 0.1) is 6.54 Å². The summed E-state index contributed by atoms with van der Waals surface area (Å²) in [5.41, 5.74) is 1.69. The van der Waals surface area contributed by atoms with Gasteiger partial charge in [0.15, 0.2) is 0 Å². The lowest BCUT2D eigenvalue weighted by molar-refractivity contribution is -0.130. The van der Waals surface area contributed by atoms with E-state index >= 15 is 0 Å². The number of hydrogen-bond donors (Lipinski definition) is 0. The van der Waals surface area contributed by atoms with E-state index in [0.717, 1.165) is 12.0 Å². The number of halogens is 1. The van der Waals surface area contributed by atoms with E-state index in [9.17, 15) is 14.0 Å². The number of aryl methyl sites for hydroxylation is 1. The van der Waals surface area contributed by atoms with Crippen LogP contribution in [0.4, 0.5) is 14.9 Å². The van der Waals surface area contributed by atoms with Gasteiger partial charge in [-0.05, 0) is 36.8 Å². The summed E-state index contributed by atoms with van der Waals surface area (Å²) < 4.78 is 19.0. The smallest absolute Gasteiger partial charge is 0.325 e. The molecule has 1 aromatic heterocycles. The topological polar surface area (TPSA) is 66.0 Å². The highest BCUT2D eigenvalue weighted by atomic mass is 19.1. The van der Waals surface area contributed by atoms with Gasteiger partial charge in [-0.1, -0.05) is 6.07 Å². The summed E-state index contributed by atoms with van der Waals surface area (Å²) in [7, 11) is 0. The second-order valence-corrected chi connectivity index (χ2v) is 7.37. The number of benzene rings is 1. The van der Waals surface area contributed by atoms with E-state index in [-0.39, 0.29) is 30.4 Å². The maximum Gasteiger partial charge on any atom is 0.325 e. The lowest BCUT2D eigenvalue weighted by Crippen LogP contribution is -2.42. The molecule has 29 heavy (non-hydrogen) atoms. The molecule has 2 aliphatic rings. The van der Waals surface area contributed by atoms with E-state index in [1.165, 1.54) is 17.0 Å². The first kappa shape index (κ1) is 19.2. The van der Waals surface area contributed by atoms with E-state index in [1.54, 1.807) is 28.1 Å². The Hall–Kier alpha value is -3.16. The Balaban J connectivity index is 1.30. The Morgan fingerprint density at radius 2 is 1.97 bits per heavy atom. The summed E-state index contributed by atoms with van der Waals surface area (Å²) >= 11 is 0. The first-order valence-corrected chi connectivity index (χ1v) is 9.69. The molecule has 3 amide bonds. The number of nitrogens with zero attached hydrogens (tertiary/aromatic N) is 4. The van der Waals surface area contributed by atoms with Gasteiger partial charge in [0.2, 0.25) is 11.8 Å². The molecule has 0 bridgehead atoms. The molecule has 2 aromatic rings. The average molecular weight is 398 g/mol. The molecular formula is C21H23FN4O3. The van der Waals surface area contributed by atoms with Crippen LogP contribution in [-0.2, 0) is 4.79 Å². The lowest BCUT2D eigenvalue weighted by atomic mass is 10.3. The zero-order valence-corrected chi connectivity index (χ0v) is 16.3. The molecular weight excluding hydrogens is 375 g/mol. The molecule has 8 heteroatoms. The van der Waals surface area contributed by atoms with Crippen molar-refractivity contribution < 1.29 is 18.7 Å². The molecule has 152 valence electrons. The summed E-state index contributed by atoms with van der Waals surface area (Å²) in [6.45, 7) is 4.01. The van der Waals surface area contributed by atoms with Gasteiger partial charge in [0, 0.05) is 44.0 Å². The first-order valence-electron chi connectivity index (χ1n) is 9.69. The van der Waals surface area contributed by atoms with Gasteiger partial charge < -0.3 is 14.5 Å². The molecule has 2 aliphatic heterocycles. The minimum absolute atomic E-state index is 0.0338. The zero-order valence-electron chi connectivity index (χ0n) is 16.3. The SMILES string of the molecule is Cc1ccc(OC2CCN(C(=O)CN3CCN(c4ccc(F)cc4)C3=O)C2)nc1. The van der Waals surface area contributed by atoms with Crippen LogP contribution in [0.2, 0.25) is 0 Å². The molecule has 0 aliphatic carbocycles. The van der Waals surface area contributed by atoms with Crippen LogP contribution < -0.4 is 9.64 Å². The van der Waals surface area contributed by atoms with Gasteiger partial charge in [-0.3, -0.25) is 9.69 Å². The zero-order chi connectivity index (χ0) is 20.4. The molecule has 0 N–H and O–H groups in total. The van der Waals surface area contributed by atoms with Crippen molar-refractivity contribution in [2.45, 2.75) is 19.4 Å². The van der Waals surface area contributed by atoms with Crippen molar-refractivity contribution >= 4 is 17.6 Å². The average Bonchev–Trinajstić information content (AvgIpc) is 3.32. The number of urea groups is 1. The summed E-state index contributed by atoms with van der Waals surface area (Å²) in [6, 6.07) is 9.31. The van der Waals surface area contributed by atoms with Crippen molar-refractivity contribution in [3.63, 3.8) is 0 Å². The number of carbonyl (C=O) groups is 2. The van der Waals surface area contributed by atoms with E-state index in [0.29, 0.717) is 37.7 Å². The number of carbonyl (C=O) groups excluding carboxylic acids is 2. The van der Waals surface area contributed by atoms with E-state index in [4.69, 9.17) is 4.74 Å². The van der Waals surface area contributed by atoms with Gasteiger partial charge in [-0.15, -0.1) is 0 Å². The van der Waals surface area contributed by atoms with Crippen molar-refractivity contribution in [1.82, 2.24) is 14.8 Å². The Morgan fingerprint density at radius 3 is 2.69 bits per heavy atom. The number of likely N-dealkylation sites (tertiary alicyclic amines) is 1. The third-order valence-electron chi connectivity index (χ3n) is 5.23. The van der Waals surface area contributed by atoms with Crippen LogP contribution in [-0.4, -0.2) is 65.5 Å². The second-order valence-electron chi connectivity index (χ2n) is 7.37. The highest BCUT2D eigenvalue weighted by Crippen LogP contribution is 2.22. The van der Waals surface area contributed by atoms with Crippen molar-refractivity contribution in [3.05, 3.63) is 54.0 Å². The third kappa shape index (κ3) is 4.31. The Bertz CT molecular complexity index is 888. The molecule has 2 fully saturated rings. The van der Waals surface area contributed by atoms with Crippen molar-refractivity contribution in [2.24, 2.45) is 0 Å². The molecule has 2 saturated heterocycles. The lowest BCUT2D eigenvalue weighted by Gasteiger charge is -2.22. The van der Waals surface area contributed by atoms with Gasteiger partial charge in [-0.25, -0.2) is 14.2 Å². The fourth-order valence-electron chi connectivity index (χ4n) is 3.60. The van der Waals surface area contributed by atoms with Gasteiger partial charge in [-0.2, -0.15) is 0 Å². The van der Waals surface area contributed by atoms with Crippen LogP contribution in [0.15, 0.2) is 42.6 Å². The monoisotopic (exact) mass is 398 g/mol. The summed E-state index contributed by atoms with van der Waals surface area (Å²) in [6.07, 6.45) is 2.38. The van der Waals surface area contributed by atoms with Gasteiger partial charge in [0.1, 0.15) is 18.5 Å². The predicted octanol–water partition coefficient (Wildman–Crippen LogP) is 2.45. The maximum absolute atomic E-state index is 13.1. The summed E-state index contributed by atoms with van der Waals surface area (Å²) in [5.74, 6) is 0.112. The molecule has 3 heterocycles. The van der Waals surface area contributed by atoms with Crippen LogP contribution in [0.3, 0.4) is 0 Å². The molecule has 7 nitrogen and oxygen atoms in total. The number of ether oxygens (including phenoxy) is 1. The van der Waals surface area contributed by atoms with Crippen LogP contribution in [0.5, 0.6) is 5.88 Å². The first-order chi connectivity index (χ1) is 14.0. The maximum atomic E-state index is 13.1. The van der Waals surface area contributed by atoms with Crippen LogP contribution in [0.25, 0.3) is 0 Å². The minimum Gasteiger partial charge on any atom is -0.472 e. The van der Waals surface area contributed by atoms with Crippen LogP contribution in [0, 0.1) is 12.7 Å². The highest BCUT2D eigenvalue weighted by Gasteiger charge is 2.34. The standard InChI is InChI=1S/C21H23FN4O3/c1-15-2-7-19(23-12-15)29-18-8-9-24(13-18)20(27)14-25-10-11-26(21(25)28)17-5-3-16(22)4-6-17/h2-7,12,18H,8-11,13-14H2,1H3. The highest BCUT2D eigenvalue weighted by molar-refractivity contribution is 5.96. The Labute approximate surface area is 168 Å².